The Morgan fingerprint density at radius 1 is 1.03 bits per heavy atom. The molecule has 3 heterocycles. The fraction of sp³-hybridized carbons (Fsp3) is 0.548. The maximum atomic E-state index is 12.7. The molecular formula is C31H40N4O3. The minimum atomic E-state index is -0.299. The number of hydrogen-bond donors (Lipinski definition) is 1. The van der Waals surface area contributed by atoms with Crippen LogP contribution in [0.5, 0.6) is 0 Å². The summed E-state index contributed by atoms with van der Waals surface area (Å²) < 4.78 is 14.3. The van der Waals surface area contributed by atoms with Crippen molar-refractivity contribution in [3.63, 3.8) is 0 Å². The number of ether oxygens (including phenoxy) is 2. The van der Waals surface area contributed by atoms with Gasteiger partial charge in [-0.2, -0.15) is 0 Å². The summed E-state index contributed by atoms with van der Waals surface area (Å²) in [5, 5.41) is 3.45. The molecule has 38 heavy (non-hydrogen) atoms. The van der Waals surface area contributed by atoms with Gasteiger partial charge in [-0.1, -0.05) is 30.3 Å². The molecule has 1 saturated carbocycles. The van der Waals surface area contributed by atoms with E-state index in [4.69, 9.17) is 14.5 Å². The van der Waals surface area contributed by atoms with E-state index in [9.17, 15) is 4.79 Å². The highest BCUT2D eigenvalue weighted by Gasteiger charge is 2.33. The number of imidazole rings is 1. The minimum Gasteiger partial charge on any atom is -0.452 e. The molecule has 1 aliphatic carbocycles. The first kappa shape index (κ1) is 25.4. The molecule has 7 nitrogen and oxygen atoms in total. The fourth-order valence-electron chi connectivity index (χ4n) is 6.82. The number of carbonyl (C=O) groups is 1. The monoisotopic (exact) mass is 516 g/mol. The van der Waals surface area contributed by atoms with Crippen LogP contribution in [-0.2, 0) is 22.3 Å². The van der Waals surface area contributed by atoms with Crippen LogP contribution in [0.1, 0.15) is 74.9 Å². The molecular weight excluding hydrogens is 476 g/mol. The third-order valence-corrected chi connectivity index (χ3v) is 8.74. The lowest BCUT2D eigenvalue weighted by molar-refractivity contribution is -0.0499. The van der Waals surface area contributed by atoms with Gasteiger partial charge in [-0.3, -0.25) is 4.90 Å². The van der Waals surface area contributed by atoms with E-state index in [2.05, 4.69) is 59.3 Å². The Morgan fingerprint density at radius 3 is 2.63 bits per heavy atom. The molecule has 0 spiro atoms. The Balaban J connectivity index is 1.39. The van der Waals surface area contributed by atoms with Crippen molar-refractivity contribution in [3.8, 4) is 0 Å². The molecule has 3 aliphatic rings. The zero-order chi connectivity index (χ0) is 26.1. The molecule has 202 valence electrons. The van der Waals surface area contributed by atoms with Crippen molar-refractivity contribution in [2.75, 3.05) is 25.1 Å². The Kier molecular flexibility index (Phi) is 7.39. The number of aryl methyl sites for hydroxylation is 1. The second kappa shape index (κ2) is 11.1. The van der Waals surface area contributed by atoms with E-state index in [0.717, 1.165) is 87.0 Å². The molecule has 0 unspecified atom stereocenters. The van der Waals surface area contributed by atoms with Crippen molar-refractivity contribution >= 4 is 22.8 Å². The van der Waals surface area contributed by atoms with Gasteiger partial charge < -0.3 is 19.4 Å². The van der Waals surface area contributed by atoms with Crippen molar-refractivity contribution in [1.29, 1.82) is 0 Å². The Hall–Kier alpha value is -2.90. The van der Waals surface area contributed by atoms with Crippen LogP contribution < -0.4 is 10.2 Å². The van der Waals surface area contributed by atoms with Gasteiger partial charge in [0.05, 0.1) is 36.0 Å². The Bertz CT molecular complexity index is 1270. The average molecular weight is 517 g/mol. The zero-order valence-corrected chi connectivity index (χ0v) is 22.7. The molecule has 1 N–H and O–H groups in total. The zero-order valence-electron chi connectivity index (χ0n) is 22.7. The molecule has 1 amide bonds. The van der Waals surface area contributed by atoms with Crippen molar-refractivity contribution in [2.24, 2.45) is 0 Å². The van der Waals surface area contributed by atoms with Crippen LogP contribution >= 0.6 is 0 Å². The maximum Gasteiger partial charge on any atom is 0.414 e. The number of hydrogen-bond acceptors (Lipinski definition) is 5. The highest BCUT2D eigenvalue weighted by Crippen LogP contribution is 2.40. The number of carbonyl (C=O) groups excluding carboxylic acids is 1. The second-order valence-corrected chi connectivity index (χ2v) is 11.2. The maximum absolute atomic E-state index is 12.7. The smallest absolute Gasteiger partial charge is 0.414 e. The molecule has 1 saturated heterocycles. The van der Waals surface area contributed by atoms with Gasteiger partial charge in [-0.05, 0) is 89.1 Å². The summed E-state index contributed by atoms with van der Waals surface area (Å²) in [4.78, 5) is 19.8. The van der Waals surface area contributed by atoms with Gasteiger partial charge in [0, 0.05) is 24.1 Å². The third-order valence-electron chi connectivity index (χ3n) is 8.74. The van der Waals surface area contributed by atoms with Crippen LogP contribution in [0.25, 0.3) is 11.0 Å². The van der Waals surface area contributed by atoms with Crippen LogP contribution in [0.15, 0.2) is 42.5 Å². The first-order valence-corrected chi connectivity index (χ1v) is 14.4. The van der Waals surface area contributed by atoms with E-state index < -0.39 is 0 Å². The quantitative estimate of drug-likeness (QED) is 0.465. The number of piperidine rings is 1. The molecule has 2 fully saturated rings. The lowest BCUT2D eigenvalue weighted by atomic mass is 9.91. The van der Waals surface area contributed by atoms with Gasteiger partial charge in [0.15, 0.2) is 0 Å². The lowest BCUT2D eigenvalue weighted by Gasteiger charge is -2.35. The average Bonchev–Trinajstić information content (AvgIpc) is 3.32. The number of aromatic nitrogens is 2. The predicted octanol–water partition coefficient (Wildman–Crippen LogP) is 5.79. The normalized spacial score (nSPS) is 24.4. The highest BCUT2D eigenvalue weighted by atomic mass is 16.5. The molecule has 2 aromatic carbocycles. The van der Waals surface area contributed by atoms with Gasteiger partial charge in [0.2, 0.25) is 0 Å². The summed E-state index contributed by atoms with van der Waals surface area (Å²) in [5.41, 5.74) is 5.59. The van der Waals surface area contributed by atoms with E-state index in [1.165, 1.54) is 24.6 Å². The van der Waals surface area contributed by atoms with Crippen LogP contribution in [0.3, 0.4) is 0 Å². The molecule has 2 aliphatic heterocycles. The number of anilines is 1. The van der Waals surface area contributed by atoms with E-state index in [1.807, 2.05) is 0 Å². The summed E-state index contributed by atoms with van der Waals surface area (Å²) in [7, 11) is 1.46. The Labute approximate surface area is 225 Å². The minimum absolute atomic E-state index is 0.101. The van der Waals surface area contributed by atoms with E-state index in [-0.39, 0.29) is 12.1 Å². The summed E-state index contributed by atoms with van der Waals surface area (Å²) in [6.07, 6.45) is 9.67. The number of rotatable bonds is 5. The molecule has 3 atom stereocenters. The van der Waals surface area contributed by atoms with E-state index in [1.54, 1.807) is 4.90 Å². The third kappa shape index (κ3) is 4.94. The molecule has 0 radical (unpaired) electrons. The van der Waals surface area contributed by atoms with E-state index >= 15 is 0 Å². The molecule has 1 aromatic heterocycles. The number of amides is 1. The molecule has 6 rings (SSSR count). The summed E-state index contributed by atoms with van der Waals surface area (Å²) >= 11 is 0. The van der Waals surface area contributed by atoms with Crippen molar-refractivity contribution < 1.29 is 14.3 Å². The number of methoxy groups -OCH3 is 1. The van der Waals surface area contributed by atoms with Crippen molar-refractivity contribution in [1.82, 2.24) is 14.9 Å². The summed E-state index contributed by atoms with van der Waals surface area (Å²) in [6, 6.07) is 15.4. The molecule has 0 bridgehead atoms. The van der Waals surface area contributed by atoms with Crippen LogP contribution in [0, 0.1) is 0 Å². The van der Waals surface area contributed by atoms with Crippen LogP contribution in [0.4, 0.5) is 10.5 Å². The van der Waals surface area contributed by atoms with Gasteiger partial charge in [0.25, 0.3) is 0 Å². The first-order chi connectivity index (χ1) is 18.6. The fourth-order valence-corrected chi connectivity index (χ4v) is 6.82. The highest BCUT2D eigenvalue weighted by molar-refractivity contribution is 5.95. The first-order valence-electron chi connectivity index (χ1n) is 14.4. The van der Waals surface area contributed by atoms with Gasteiger partial charge >= 0.3 is 6.09 Å². The lowest BCUT2D eigenvalue weighted by Crippen LogP contribution is -2.42. The summed E-state index contributed by atoms with van der Waals surface area (Å²) in [6.45, 7) is 4.20. The number of nitrogens with zero attached hydrogens (tertiary/aromatic N) is 3. The number of fused-ring (bicyclic) bond motifs is 3. The number of benzene rings is 2. The number of nitrogens with one attached hydrogen (secondary N) is 1. The predicted molar refractivity (Wildman–Crippen MR) is 150 cm³/mol. The van der Waals surface area contributed by atoms with Crippen molar-refractivity contribution in [3.05, 3.63) is 59.4 Å². The van der Waals surface area contributed by atoms with Gasteiger partial charge in [0.1, 0.15) is 5.82 Å². The summed E-state index contributed by atoms with van der Waals surface area (Å²) in [5.74, 6) is 1.11. The van der Waals surface area contributed by atoms with Crippen LogP contribution in [0.2, 0.25) is 0 Å². The van der Waals surface area contributed by atoms with Crippen LogP contribution in [-0.4, -0.2) is 54.1 Å². The van der Waals surface area contributed by atoms with Gasteiger partial charge in [-0.15, -0.1) is 0 Å². The van der Waals surface area contributed by atoms with E-state index in [0.29, 0.717) is 18.2 Å². The standard InChI is InChI=1S/C31H40N4O3/c1-21-11-12-26-27(34(21)31(36)37-2)13-14-28-30(26)33-29(19-22-7-4-3-5-8-22)35(28)23-9-6-10-25(20-23)38-24-15-17-32-18-16-24/h3-5,7-8,13-14,21,23-25,32H,6,9-12,15-20H2,1-2H3/t21-,23+,25+/m0/s1. The topological polar surface area (TPSA) is 68.6 Å². The molecule has 3 aromatic rings. The largest absolute Gasteiger partial charge is 0.452 e. The molecule has 7 heteroatoms. The Morgan fingerprint density at radius 2 is 1.84 bits per heavy atom. The SMILES string of the molecule is COC(=O)N1c2ccc3c(nc(Cc4ccccc4)n3[C@@H]3CCC[C@@H](OC4CCNCC4)C3)c2CC[C@@H]1C. The second-order valence-electron chi connectivity index (χ2n) is 11.2. The van der Waals surface area contributed by atoms with Gasteiger partial charge in [-0.25, -0.2) is 9.78 Å². The van der Waals surface area contributed by atoms with Crippen molar-refractivity contribution in [2.45, 2.75) is 89.0 Å².